The molecule has 0 spiro atoms. The van der Waals surface area contributed by atoms with Crippen LogP contribution in [0.5, 0.6) is 11.5 Å². The smallest absolute Gasteiger partial charge is 0.509 e. The summed E-state index contributed by atoms with van der Waals surface area (Å²) in [6.45, 7) is 19.9. The van der Waals surface area contributed by atoms with Gasteiger partial charge in [-0.2, -0.15) is 11.2 Å². The molecule has 3 aromatic heterocycles. The van der Waals surface area contributed by atoms with E-state index in [1.54, 1.807) is 0 Å². The van der Waals surface area contributed by atoms with Crippen LogP contribution in [0.25, 0.3) is 44.4 Å². The summed E-state index contributed by atoms with van der Waals surface area (Å²) in [5.74, 6) is 2.78. The molecule has 6 heteroatoms. The van der Waals surface area contributed by atoms with Crippen LogP contribution in [-0.2, 0) is 21.1 Å². The zero-order chi connectivity index (χ0) is 34.6. The average Bonchev–Trinajstić information content (AvgIpc) is 3.56. The van der Waals surface area contributed by atoms with Gasteiger partial charge in [-0.05, 0) is 84.0 Å². The standard InChI is InChI=1S/C44H44N4O.Pt/c1-27(2)34-22-35(48-31(6)43(30(5)46-48)32-13-11-10-12-14-32)25-37(23-34)49-36-16-17-38-39-24-33(29(4)44(7,8)9)15-18-40(39)47(41(38)26-36)42-21-28(3)19-20-45-42;/h10-24,27,29H,1-9H3;/q-2;+2. The van der Waals surface area contributed by atoms with Crippen molar-refractivity contribution in [1.29, 1.82) is 0 Å². The number of rotatable bonds is 7. The van der Waals surface area contributed by atoms with Crippen LogP contribution in [0, 0.1) is 38.3 Å². The summed E-state index contributed by atoms with van der Waals surface area (Å²) in [6, 6.07) is 37.0. The summed E-state index contributed by atoms with van der Waals surface area (Å²) in [4.78, 5) is 4.79. The van der Waals surface area contributed by atoms with Crippen molar-refractivity contribution in [3.63, 3.8) is 0 Å². The van der Waals surface area contributed by atoms with Gasteiger partial charge in [0, 0.05) is 34.5 Å². The van der Waals surface area contributed by atoms with Gasteiger partial charge in [0.2, 0.25) is 0 Å². The van der Waals surface area contributed by atoms with Gasteiger partial charge in [0.05, 0.1) is 5.69 Å². The number of benzene rings is 4. The number of fused-ring (bicyclic) bond motifs is 3. The minimum Gasteiger partial charge on any atom is -0.509 e. The van der Waals surface area contributed by atoms with E-state index in [-0.39, 0.29) is 32.4 Å². The Hall–Kier alpha value is -4.47. The quantitative estimate of drug-likeness (QED) is 0.150. The summed E-state index contributed by atoms with van der Waals surface area (Å²) < 4.78 is 10.8. The molecule has 7 aromatic rings. The third-order valence-electron chi connectivity index (χ3n) is 9.92. The molecule has 256 valence electrons. The Bertz CT molecular complexity index is 2330. The van der Waals surface area contributed by atoms with Crippen LogP contribution in [0.1, 0.15) is 81.5 Å². The number of aromatic nitrogens is 4. The van der Waals surface area contributed by atoms with E-state index >= 15 is 0 Å². The Morgan fingerprint density at radius 2 is 1.52 bits per heavy atom. The summed E-state index contributed by atoms with van der Waals surface area (Å²) in [5, 5.41) is 7.27. The van der Waals surface area contributed by atoms with Crippen molar-refractivity contribution in [2.24, 2.45) is 5.41 Å². The van der Waals surface area contributed by atoms with Gasteiger partial charge < -0.3 is 9.30 Å². The van der Waals surface area contributed by atoms with Gasteiger partial charge in [-0.25, -0.2) is 4.98 Å². The van der Waals surface area contributed by atoms with Crippen molar-refractivity contribution < 1.29 is 25.8 Å². The first-order valence-electron chi connectivity index (χ1n) is 17.2. The van der Waals surface area contributed by atoms with E-state index in [0.29, 0.717) is 17.4 Å². The topological polar surface area (TPSA) is 44.9 Å². The molecule has 50 heavy (non-hydrogen) atoms. The molecule has 3 heterocycles. The van der Waals surface area contributed by atoms with Crippen LogP contribution < -0.4 is 4.74 Å². The Balaban J connectivity index is 0.00000432. The van der Waals surface area contributed by atoms with Crippen LogP contribution in [0.2, 0.25) is 0 Å². The molecule has 1 atom stereocenters. The predicted molar refractivity (Wildman–Crippen MR) is 201 cm³/mol. The van der Waals surface area contributed by atoms with Crippen molar-refractivity contribution in [1.82, 2.24) is 19.3 Å². The van der Waals surface area contributed by atoms with E-state index in [9.17, 15) is 0 Å². The van der Waals surface area contributed by atoms with Gasteiger partial charge in [-0.1, -0.05) is 89.5 Å². The molecule has 0 saturated heterocycles. The minimum absolute atomic E-state index is 0. The van der Waals surface area contributed by atoms with Crippen molar-refractivity contribution in [3.8, 4) is 34.1 Å². The van der Waals surface area contributed by atoms with E-state index in [1.807, 2.05) is 29.1 Å². The Morgan fingerprint density at radius 3 is 2.22 bits per heavy atom. The molecule has 0 N–H and O–H groups in total. The monoisotopic (exact) mass is 839 g/mol. The molecule has 0 fully saturated rings. The summed E-state index contributed by atoms with van der Waals surface area (Å²) in [6.07, 6.45) is 1.87. The molecule has 0 amide bonds. The van der Waals surface area contributed by atoms with Gasteiger partial charge in [-0.15, -0.1) is 41.3 Å². The van der Waals surface area contributed by atoms with Crippen LogP contribution in [-0.4, -0.2) is 19.3 Å². The first kappa shape index (κ1) is 35.4. The Labute approximate surface area is 310 Å². The summed E-state index contributed by atoms with van der Waals surface area (Å²) in [5.41, 5.74) is 11.0. The third-order valence-corrected chi connectivity index (χ3v) is 9.92. The largest absolute Gasteiger partial charge is 2.00 e. The number of nitrogens with zero attached hydrogens (tertiary/aromatic N) is 4. The first-order chi connectivity index (χ1) is 23.4. The number of ether oxygens (including phenoxy) is 1. The van der Waals surface area contributed by atoms with Crippen molar-refractivity contribution in [3.05, 3.63) is 131 Å². The molecule has 0 aliphatic rings. The van der Waals surface area contributed by atoms with E-state index < -0.39 is 0 Å². The maximum absolute atomic E-state index is 6.63. The summed E-state index contributed by atoms with van der Waals surface area (Å²) >= 11 is 0. The molecule has 0 aliphatic heterocycles. The van der Waals surface area contributed by atoms with E-state index in [1.165, 1.54) is 10.9 Å². The SMILES string of the molecule is Cc1ccnc(-n2c3[c-]c(Oc4[c-]c(-n5nc(C)c(-c6ccccc6)c5C)cc(C(C)C)c4)ccc3c3cc(C(C)C(C)(C)C)ccc32)c1.[Pt+2]. The van der Waals surface area contributed by atoms with Gasteiger partial charge >= 0.3 is 21.1 Å². The zero-order valence-corrected chi connectivity index (χ0v) is 32.6. The molecular formula is C44H44N4OPt. The maximum Gasteiger partial charge on any atom is 2.00 e. The van der Waals surface area contributed by atoms with Crippen molar-refractivity contribution in [2.75, 3.05) is 0 Å². The van der Waals surface area contributed by atoms with Gasteiger partial charge in [0.25, 0.3) is 0 Å². The molecule has 0 aliphatic carbocycles. The average molecular weight is 840 g/mol. The van der Waals surface area contributed by atoms with Crippen molar-refractivity contribution >= 4 is 21.8 Å². The number of aryl methyl sites for hydroxylation is 2. The van der Waals surface area contributed by atoms with E-state index in [0.717, 1.165) is 61.6 Å². The minimum atomic E-state index is 0. The molecule has 0 radical (unpaired) electrons. The Kier molecular flexibility index (Phi) is 9.67. The maximum atomic E-state index is 6.63. The number of pyridine rings is 1. The molecule has 0 bridgehead atoms. The fraction of sp³-hybridized carbons (Fsp3) is 0.273. The van der Waals surface area contributed by atoms with Crippen LogP contribution in [0.3, 0.4) is 0 Å². The third kappa shape index (κ3) is 6.56. The van der Waals surface area contributed by atoms with E-state index in [2.05, 4.69) is 146 Å². The zero-order valence-electron chi connectivity index (χ0n) is 30.3. The number of hydrogen-bond donors (Lipinski definition) is 0. The fourth-order valence-corrected chi connectivity index (χ4v) is 6.72. The van der Waals surface area contributed by atoms with Gasteiger partial charge in [0.1, 0.15) is 5.82 Å². The summed E-state index contributed by atoms with van der Waals surface area (Å²) in [7, 11) is 0. The first-order valence-corrected chi connectivity index (χ1v) is 17.2. The molecular weight excluding hydrogens is 796 g/mol. The van der Waals surface area contributed by atoms with E-state index in [4.69, 9.17) is 14.8 Å². The molecule has 7 rings (SSSR count). The predicted octanol–water partition coefficient (Wildman–Crippen LogP) is 11.6. The van der Waals surface area contributed by atoms with Crippen molar-refractivity contribution in [2.45, 2.75) is 74.1 Å². The number of hydrogen-bond acceptors (Lipinski definition) is 3. The molecule has 1 unspecified atom stereocenters. The molecule has 5 nitrogen and oxygen atoms in total. The van der Waals surface area contributed by atoms with Crippen LogP contribution in [0.15, 0.2) is 91.1 Å². The fourth-order valence-electron chi connectivity index (χ4n) is 6.72. The normalized spacial score (nSPS) is 12.4. The second kappa shape index (κ2) is 13.7. The second-order valence-corrected chi connectivity index (χ2v) is 14.7. The van der Waals surface area contributed by atoms with Gasteiger partial charge in [-0.3, -0.25) is 4.68 Å². The second-order valence-electron chi connectivity index (χ2n) is 14.7. The molecule has 0 saturated carbocycles. The van der Waals surface area contributed by atoms with Crippen LogP contribution in [0.4, 0.5) is 0 Å². The Morgan fingerprint density at radius 1 is 0.760 bits per heavy atom. The van der Waals surface area contributed by atoms with Gasteiger partial charge in [0.15, 0.2) is 0 Å². The molecule has 4 aromatic carbocycles. The van der Waals surface area contributed by atoms with Crippen LogP contribution >= 0.6 is 0 Å².